The molecular formula is C32H31N3O5S. The lowest BCUT2D eigenvalue weighted by atomic mass is 9.87. The summed E-state index contributed by atoms with van der Waals surface area (Å²) in [5.41, 5.74) is 3.17. The Bertz CT molecular complexity index is 1660. The van der Waals surface area contributed by atoms with Crippen LogP contribution in [0.25, 0.3) is 0 Å². The number of ether oxygens (including phenoxy) is 1. The molecule has 41 heavy (non-hydrogen) atoms. The molecule has 1 saturated carbocycles. The van der Waals surface area contributed by atoms with Crippen molar-refractivity contribution in [3.05, 3.63) is 113 Å². The summed E-state index contributed by atoms with van der Waals surface area (Å²) in [6, 6.07) is 19.5. The summed E-state index contributed by atoms with van der Waals surface area (Å²) < 4.78 is 36.0. The third-order valence-electron chi connectivity index (χ3n) is 7.62. The Hall–Kier alpha value is -4.24. The van der Waals surface area contributed by atoms with Crippen LogP contribution in [0.4, 0.5) is 0 Å². The van der Waals surface area contributed by atoms with E-state index in [9.17, 15) is 18.0 Å². The van der Waals surface area contributed by atoms with Crippen LogP contribution in [0, 0.1) is 0 Å². The molecular weight excluding hydrogens is 538 g/mol. The van der Waals surface area contributed by atoms with Crippen molar-refractivity contribution in [2.45, 2.75) is 61.4 Å². The fourth-order valence-corrected chi connectivity index (χ4v) is 6.66. The van der Waals surface area contributed by atoms with E-state index in [2.05, 4.69) is 10.3 Å². The third kappa shape index (κ3) is 6.10. The predicted molar refractivity (Wildman–Crippen MR) is 154 cm³/mol. The number of rotatable bonds is 10. The van der Waals surface area contributed by atoms with Gasteiger partial charge in [0, 0.05) is 41.5 Å². The topological polar surface area (TPSA) is 107 Å². The van der Waals surface area contributed by atoms with Crippen molar-refractivity contribution in [3.8, 4) is 5.75 Å². The maximum atomic E-state index is 13.7. The Labute approximate surface area is 239 Å². The van der Waals surface area contributed by atoms with Crippen molar-refractivity contribution in [1.82, 2.24) is 14.9 Å². The molecule has 2 aliphatic rings. The quantitative estimate of drug-likeness (QED) is 0.285. The first-order valence-electron chi connectivity index (χ1n) is 13.9. The van der Waals surface area contributed by atoms with Crippen LogP contribution in [-0.2, 0) is 28.6 Å². The molecule has 1 aromatic heterocycles. The van der Waals surface area contributed by atoms with Gasteiger partial charge in [0.1, 0.15) is 11.9 Å². The van der Waals surface area contributed by atoms with Crippen LogP contribution >= 0.6 is 0 Å². The molecule has 0 bridgehead atoms. The first kappa shape index (κ1) is 27.0. The summed E-state index contributed by atoms with van der Waals surface area (Å²) in [7, 11) is -3.83. The first-order valence-corrected chi connectivity index (χ1v) is 15.5. The van der Waals surface area contributed by atoms with Gasteiger partial charge in [0.25, 0.3) is 5.91 Å². The minimum absolute atomic E-state index is 0.0144. The van der Waals surface area contributed by atoms with Crippen molar-refractivity contribution >= 4 is 21.5 Å². The van der Waals surface area contributed by atoms with Crippen molar-refractivity contribution in [2.75, 3.05) is 0 Å². The van der Waals surface area contributed by atoms with Crippen molar-refractivity contribution < 1.29 is 22.7 Å². The van der Waals surface area contributed by atoms with E-state index in [1.165, 1.54) is 12.1 Å². The zero-order chi connectivity index (χ0) is 28.4. The van der Waals surface area contributed by atoms with Gasteiger partial charge in [0.2, 0.25) is 0 Å². The van der Waals surface area contributed by atoms with Crippen LogP contribution in [0.2, 0.25) is 0 Å². The smallest absolute Gasteiger partial charge is 0.251 e. The second-order valence-electron chi connectivity index (χ2n) is 10.7. The summed E-state index contributed by atoms with van der Waals surface area (Å²) in [4.78, 5) is 29.4. The molecule has 0 aliphatic heterocycles. The average molecular weight is 570 g/mol. The van der Waals surface area contributed by atoms with Crippen molar-refractivity contribution in [2.24, 2.45) is 0 Å². The molecule has 9 heteroatoms. The van der Waals surface area contributed by atoms with Crippen LogP contribution in [0.5, 0.6) is 5.75 Å². The normalized spacial score (nSPS) is 15.7. The molecule has 0 saturated heterocycles. The number of carbonyl (C=O) groups is 2. The molecule has 1 fully saturated rings. The second-order valence-corrected chi connectivity index (χ2v) is 12.6. The van der Waals surface area contributed by atoms with E-state index in [1.54, 1.807) is 36.8 Å². The monoisotopic (exact) mass is 569 g/mol. The summed E-state index contributed by atoms with van der Waals surface area (Å²) in [5, 5.41) is 2.92. The molecule has 0 radical (unpaired) electrons. The van der Waals surface area contributed by atoms with E-state index >= 15 is 0 Å². The lowest BCUT2D eigenvalue weighted by molar-refractivity contribution is 0.0948. The minimum atomic E-state index is -3.83. The number of carbonyl (C=O) groups excluding carboxylic acids is 2. The number of Topliss-reactive ketones (excluding diaryl/α,β-unsaturated/α-hetero) is 1. The summed E-state index contributed by atoms with van der Waals surface area (Å²) in [6.45, 7) is 0.469. The van der Waals surface area contributed by atoms with E-state index in [0.29, 0.717) is 48.2 Å². The Morgan fingerprint density at radius 2 is 1.80 bits per heavy atom. The Morgan fingerprint density at radius 1 is 1.02 bits per heavy atom. The Morgan fingerprint density at radius 3 is 2.51 bits per heavy atom. The number of imidazole rings is 1. The van der Waals surface area contributed by atoms with E-state index in [-0.39, 0.29) is 28.4 Å². The summed E-state index contributed by atoms with van der Waals surface area (Å²) in [5.74, 6) is -0.0662. The minimum Gasteiger partial charge on any atom is -0.484 e. The number of nitrogens with one attached hydrogen (secondary N) is 1. The molecule has 1 atom stereocenters. The first-order chi connectivity index (χ1) is 19.9. The number of amides is 1. The molecule has 6 rings (SSSR count). The SMILES string of the molecule is O=C(NC1CC1)c1ccc(S(=O)(=O)Cc2c(OC(Cn3ccnc3)c3ccccc3)ccc3c2CCCC3=O)cc1. The fraction of sp³-hybridized carbons (Fsp3) is 0.281. The maximum Gasteiger partial charge on any atom is 0.251 e. The number of benzene rings is 3. The zero-order valence-corrected chi connectivity index (χ0v) is 23.3. The highest BCUT2D eigenvalue weighted by atomic mass is 32.2. The van der Waals surface area contributed by atoms with E-state index in [0.717, 1.165) is 24.0 Å². The van der Waals surface area contributed by atoms with Gasteiger partial charge in [-0.15, -0.1) is 0 Å². The van der Waals surface area contributed by atoms with Crippen LogP contribution in [0.15, 0.2) is 90.3 Å². The predicted octanol–water partition coefficient (Wildman–Crippen LogP) is 5.09. The number of sulfone groups is 1. The van der Waals surface area contributed by atoms with Gasteiger partial charge in [0.05, 0.1) is 23.5 Å². The Balaban J connectivity index is 1.34. The van der Waals surface area contributed by atoms with Gasteiger partial charge in [0.15, 0.2) is 15.6 Å². The standard InChI is InChI=1S/C32H31N3O5S/c36-29-8-4-7-26-27(29)15-16-30(40-31(19-35-18-17-33-21-35)22-5-2-1-3-6-22)28(26)20-41(38,39)25-13-9-23(10-14-25)32(37)34-24-11-12-24/h1-3,5-6,9-10,13-18,21,24,31H,4,7-8,11-12,19-20H2,(H,34,37). The third-order valence-corrected chi connectivity index (χ3v) is 9.28. The second kappa shape index (κ2) is 11.3. The van der Waals surface area contributed by atoms with Gasteiger partial charge >= 0.3 is 0 Å². The number of ketones is 1. The zero-order valence-electron chi connectivity index (χ0n) is 22.5. The lowest BCUT2D eigenvalue weighted by Gasteiger charge is -2.25. The Kier molecular flexibility index (Phi) is 7.45. The molecule has 0 spiro atoms. The van der Waals surface area contributed by atoms with Crippen LogP contribution < -0.4 is 10.1 Å². The van der Waals surface area contributed by atoms with Gasteiger partial charge in [-0.3, -0.25) is 9.59 Å². The molecule has 2 aliphatic carbocycles. The molecule has 1 amide bonds. The van der Waals surface area contributed by atoms with Crippen molar-refractivity contribution in [1.29, 1.82) is 0 Å². The van der Waals surface area contributed by atoms with Gasteiger partial charge in [-0.2, -0.15) is 0 Å². The van der Waals surface area contributed by atoms with Crippen LogP contribution in [0.1, 0.15) is 69.2 Å². The lowest BCUT2D eigenvalue weighted by Crippen LogP contribution is -2.25. The fourth-order valence-electron chi connectivity index (χ4n) is 5.25. The number of hydrogen-bond acceptors (Lipinski definition) is 6. The van der Waals surface area contributed by atoms with Gasteiger partial charge in [-0.25, -0.2) is 13.4 Å². The van der Waals surface area contributed by atoms with Gasteiger partial charge in [-0.05, 0) is 73.2 Å². The molecule has 8 nitrogen and oxygen atoms in total. The van der Waals surface area contributed by atoms with Gasteiger partial charge < -0.3 is 14.6 Å². The summed E-state index contributed by atoms with van der Waals surface area (Å²) >= 11 is 0. The number of nitrogens with zero attached hydrogens (tertiary/aromatic N) is 2. The van der Waals surface area contributed by atoms with Gasteiger partial charge in [-0.1, -0.05) is 30.3 Å². The van der Waals surface area contributed by atoms with Crippen LogP contribution in [-0.4, -0.2) is 35.7 Å². The molecule has 1 heterocycles. The number of fused-ring (bicyclic) bond motifs is 1. The largest absolute Gasteiger partial charge is 0.484 e. The number of hydrogen-bond donors (Lipinski definition) is 1. The highest BCUT2D eigenvalue weighted by Gasteiger charge is 2.29. The molecule has 1 N–H and O–H groups in total. The van der Waals surface area contributed by atoms with E-state index in [4.69, 9.17) is 4.74 Å². The van der Waals surface area contributed by atoms with Crippen LogP contribution in [0.3, 0.4) is 0 Å². The van der Waals surface area contributed by atoms with E-state index in [1.807, 2.05) is 41.1 Å². The van der Waals surface area contributed by atoms with Crippen molar-refractivity contribution in [3.63, 3.8) is 0 Å². The molecule has 210 valence electrons. The molecule has 3 aromatic carbocycles. The summed E-state index contributed by atoms with van der Waals surface area (Å²) in [6.07, 6.45) is 8.48. The highest BCUT2D eigenvalue weighted by Crippen LogP contribution is 2.36. The average Bonchev–Trinajstić information content (AvgIpc) is 3.65. The highest BCUT2D eigenvalue weighted by molar-refractivity contribution is 7.90. The maximum absolute atomic E-state index is 13.7. The number of aromatic nitrogens is 2. The van der Waals surface area contributed by atoms with E-state index < -0.39 is 15.9 Å². The molecule has 1 unspecified atom stereocenters. The molecule has 4 aromatic rings.